The van der Waals surface area contributed by atoms with Crippen LogP contribution in [0.3, 0.4) is 0 Å². The van der Waals surface area contributed by atoms with Gasteiger partial charge in [-0.2, -0.15) is 0 Å². The molecule has 0 spiro atoms. The van der Waals surface area contributed by atoms with Crippen LogP contribution in [0, 0.1) is 5.92 Å². The molecule has 10 nitrogen and oxygen atoms in total. The minimum Gasteiger partial charge on any atom is -0.474 e. The molecule has 10 heteroatoms. The Balaban J connectivity index is 3.00. The highest BCUT2D eigenvalue weighted by Crippen LogP contribution is 2.17. The molecule has 1 aromatic rings. The molecule has 0 bridgehead atoms. The van der Waals surface area contributed by atoms with Gasteiger partial charge in [0, 0.05) is 12.0 Å². The van der Waals surface area contributed by atoms with Gasteiger partial charge in [0.2, 0.25) is 5.91 Å². The minimum absolute atomic E-state index is 0.0472. The maximum atomic E-state index is 13.2. The monoisotopic (exact) mass is 546 g/mol. The number of methoxy groups -OCH3 is 1. The van der Waals surface area contributed by atoms with E-state index in [1.54, 1.807) is 26.0 Å². The average Bonchev–Trinajstić information content (AvgIpc) is 2.81. The van der Waals surface area contributed by atoms with Crippen molar-refractivity contribution in [1.82, 2.24) is 10.6 Å². The third kappa shape index (κ3) is 12.5. The number of benzene rings is 1. The van der Waals surface area contributed by atoms with Crippen molar-refractivity contribution in [3.05, 3.63) is 54.4 Å². The van der Waals surface area contributed by atoms with E-state index in [0.717, 1.165) is 0 Å². The quantitative estimate of drug-likeness (QED) is 0.156. The summed E-state index contributed by atoms with van der Waals surface area (Å²) in [5.41, 5.74) is 0.138. The normalized spacial score (nSPS) is 12.7. The standard InChI is InChI=1S/C29H42N2O8/c1-17(2)25(30-20(6)39-29(7,8)9)26(33)31-23(28(35)37-18(3)4)16-21-11-13-22(14-12-21)38-27(34)19(5)15-24(32)36-10/h11-14,17-18,23,25,30H,5-6,15-16H2,1-4,7-10H3,(H,31,33)/t23-,25-/m0/s1. The van der Waals surface area contributed by atoms with Gasteiger partial charge in [-0.1, -0.05) is 32.6 Å². The van der Waals surface area contributed by atoms with E-state index in [2.05, 4.69) is 28.5 Å². The van der Waals surface area contributed by atoms with Gasteiger partial charge in [0.1, 0.15) is 23.4 Å². The third-order valence-corrected chi connectivity index (χ3v) is 5.10. The smallest absolute Gasteiger partial charge is 0.339 e. The van der Waals surface area contributed by atoms with Crippen molar-refractivity contribution in [2.75, 3.05) is 7.11 Å². The van der Waals surface area contributed by atoms with E-state index in [1.807, 2.05) is 34.6 Å². The molecule has 0 fully saturated rings. The number of carbonyl (C=O) groups is 4. The zero-order valence-electron chi connectivity index (χ0n) is 24.2. The maximum Gasteiger partial charge on any atom is 0.339 e. The van der Waals surface area contributed by atoms with Crippen LogP contribution in [-0.2, 0) is 39.8 Å². The lowest BCUT2D eigenvalue weighted by molar-refractivity contribution is -0.151. The highest BCUT2D eigenvalue weighted by atomic mass is 16.5. The van der Waals surface area contributed by atoms with Gasteiger partial charge in [0.15, 0.2) is 5.88 Å². The molecule has 0 aromatic heterocycles. The first-order valence-corrected chi connectivity index (χ1v) is 12.7. The van der Waals surface area contributed by atoms with E-state index in [-0.39, 0.29) is 42.1 Å². The number of amides is 1. The van der Waals surface area contributed by atoms with E-state index < -0.39 is 41.5 Å². The second kappa shape index (κ2) is 14.9. The fourth-order valence-corrected chi connectivity index (χ4v) is 3.30. The van der Waals surface area contributed by atoms with E-state index in [0.29, 0.717) is 5.56 Å². The summed E-state index contributed by atoms with van der Waals surface area (Å²) >= 11 is 0. The molecule has 0 aliphatic heterocycles. The summed E-state index contributed by atoms with van der Waals surface area (Å²) in [5, 5.41) is 5.80. The van der Waals surface area contributed by atoms with Crippen molar-refractivity contribution in [1.29, 1.82) is 0 Å². The number of ether oxygens (including phenoxy) is 4. The molecule has 1 rings (SSSR count). The van der Waals surface area contributed by atoms with Crippen LogP contribution in [0.15, 0.2) is 48.9 Å². The molecular formula is C29H42N2O8. The molecule has 0 saturated heterocycles. The first kappa shape index (κ1) is 33.2. The summed E-state index contributed by atoms with van der Waals surface area (Å²) < 4.78 is 20.8. The number of rotatable bonds is 14. The lowest BCUT2D eigenvalue weighted by atomic mass is 10.0. The van der Waals surface area contributed by atoms with Gasteiger partial charge in [-0.3, -0.25) is 9.59 Å². The largest absolute Gasteiger partial charge is 0.474 e. The molecule has 1 aromatic carbocycles. The predicted octanol–water partition coefficient (Wildman–Crippen LogP) is 3.59. The van der Waals surface area contributed by atoms with E-state index in [1.165, 1.54) is 19.2 Å². The summed E-state index contributed by atoms with van der Waals surface area (Å²) in [7, 11) is 1.21. The summed E-state index contributed by atoms with van der Waals surface area (Å²) in [6, 6.07) is 4.70. The summed E-state index contributed by atoms with van der Waals surface area (Å²) in [6.07, 6.45) is -0.532. The van der Waals surface area contributed by atoms with Crippen LogP contribution >= 0.6 is 0 Å². The zero-order chi connectivity index (χ0) is 29.9. The third-order valence-electron chi connectivity index (χ3n) is 5.10. The predicted molar refractivity (Wildman–Crippen MR) is 146 cm³/mol. The lowest BCUT2D eigenvalue weighted by Gasteiger charge is -2.29. The molecule has 0 unspecified atom stereocenters. The van der Waals surface area contributed by atoms with Crippen LogP contribution in [0.4, 0.5) is 0 Å². The van der Waals surface area contributed by atoms with Crippen molar-refractivity contribution in [2.45, 2.75) is 85.1 Å². The van der Waals surface area contributed by atoms with Crippen molar-refractivity contribution in [3.63, 3.8) is 0 Å². The summed E-state index contributed by atoms with van der Waals surface area (Å²) in [6.45, 7) is 20.2. The van der Waals surface area contributed by atoms with Gasteiger partial charge in [0.05, 0.1) is 19.6 Å². The Morgan fingerprint density at radius 2 is 1.54 bits per heavy atom. The van der Waals surface area contributed by atoms with Crippen LogP contribution in [0.5, 0.6) is 5.75 Å². The molecule has 0 saturated carbocycles. The Kier molecular flexibility index (Phi) is 12.7. The van der Waals surface area contributed by atoms with Crippen LogP contribution in [0.2, 0.25) is 0 Å². The van der Waals surface area contributed by atoms with Crippen molar-refractivity contribution in [3.8, 4) is 5.75 Å². The first-order valence-electron chi connectivity index (χ1n) is 12.7. The molecule has 2 N–H and O–H groups in total. The summed E-state index contributed by atoms with van der Waals surface area (Å²) in [4.78, 5) is 49.6. The van der Waals surface area contributed by atoms with Crippen molar-refractivity contribution in [2.24, 2.45) is 5.92 Å². The Bertz CT molecular complexity index is 1040. The second-order valence-electron chi connectivity index (χ2n) is 10.6. The molecule has 1 amide bonds. The van der Waals surface area contributed by atoms with Gasteiger partial charge < -0.3 is 29.6 Å². The first-order chi connectivity index (χ1) is 18.0. The number of nitrogens with one attached hydrogen (secondary N) is 2. The molecule has 39 heavy (non-hydrogen) atoms. The van der Waals surface area contributed by atoms with Crippen molar-refractivity contribution >= 4 is 23.8 Å². The van der Waals surface area contributed by atoms with E-state index >= 15 is 0 Å². The van der Waals surface area contributed by atoms with Gasteiger partial charge in [-0.05, 0) is 64.8 Å². The fourth-order valence-electron chi connectivity index (χ4n) is 3.30. The average molecular weight is 547 g/mol. The van der Waals surface area contributed by atoms with Crippen molar-refractivity contribution < 1.29 is 38.1 Å². The Morgan fingerprint density at radius 3 is 2.03 bits per heavy atom. The van der Waals surface area contributed by atoms with E-state index in [9.17, 15) is 19.2 Å². The molecule has 216 valence electrons. The van der Waals surface area contributed by atoms with Gasteiger partial charge in [-0.25, -0.2) is 9.59 Å². The summed E-state index contributed by atoms with van der Waals surface area (Å²) in [5.74, 6) is -2.03. The molecular weight excluding hydrogens is 504 g/mol. The van der Waals surface area contributed by atoms with Crippen LogP contribution < -0.4 is 15.4 Å². The second-order valence-corrected chi connectivity index (χ2v) is 10.6. The Hall–Kier alpha value is -3.82. The highest BCUT2D eigenvalue weighted by molar-refractivity contribution is 5.94. The molecule has 0 heterocycles. The molecule has 2 atom stereocenters. The van der Waals surface area contributed by atoms with Gasteiger partial charge in [-0.15, -0.1) is 0 Å². The topological polar surface area (TPSA) is 129 Å². The zero-order valence-corrected chi connectivity index (χ0v) is 24.2. The van der Waals surface area contributed by atoms with Crippen LogP contribution in [-0.4, -0.2) is 54.7 Å². The van der Waals surface area contributed by atoms with Crippen LogP contribution in [0.1, 0.15) is 60.5 Å². The highest BCUT2D eigenvalue weighted by Gasteiger charge is 2.30. The minimum atomic E-state index is -0.979. The number of carbonyl (C=O) groups excluding carboxylic acids is 4. The molecule has 0 aliphatic carbocycles. The number of hydrogen-bond acceptors (Lipinski definition) is 9. The molecule has 0 aliphatic rings. The Morgan fingerprint density at radius 1 is 0.949 bits per heavy atom. The fraction of sp³-hybridized carbons (Fsp3) is 0.517. The van der Waals surface area contributed by atoms with Crippen LogP contribution in [0.25, 0.3) is 0 Å². The maximum absolute atomic E-state index is 13.2. The molecule has 0 radical (unpaired) electrons. The number of hydrogen-bond donors (Lipinski definition) is 2. The van der Waals surface area contributed by atoms with E-state index in [4.69, 9.17) is 14.2 Å². The number of esters is 3. The SMILES string of the molecule is C=C(N[C@H](C(=O)N[C@@H](Cc1ccc(OC(=O)C(=C)CC(=O)OC)cc1)C(=O)OC(C)C)C(C)C)OC(C)(C)C. The Labute approximate surface area is 231 Å². The van der Waals surface area contributed by atoms with Gasteiger partial charge >= 0.3 is 17.9 Å². The lowest BCUT2D eigenvalue weighted by Crippen LogP contribution is -2.53. The van der Waals surface area contributed by atoms with Gasteiger partial charge in [0.25, 0.3) is 0 Å².